The van der Waals surface area contributed by atoms with E-state index in [-0.39, 0.29) is 60.2 Å². The predicted octanol–water partition coefficient (Wildman–Crippen LogP) is 8.75. The van der Waals surface area contributed by atoms with Crippen LogP contribution in [0.15, 0.2) is 109 Å². The van der Waals surface area contributed by atoms with Gasteiger partial charge in [0.15, 0.2) is 5.78 Å². The van der Waals surface area contributed by atoms with Crippen LogP contribution < -0.4 is 18.9 Å². The molecule has 59 heavy (non-hydrogen) atoms. The molecule has 312 valence electrons. The molecular formula is C43H38F6O10. The van der Waals surface area contributed by atoms with E-state index in [0.29, 0.717) is 11.1 Å². The number of benzene rings is 4. The summed E-state index contributed by atoms with van der Waals surface area (Å²) in [5.41, 5.74) is 1.20. The number of hydrogen-bond acceptors (Lipinski definition) is 10. The molecule has 0 radical (unpaired) electrons. The molecule has 0 aliphatic heterocycles. The van der Waals surface area contributed by atoms with Gasteiger partial charge >= 0.3 is 24.3 Å². The van der Waals surface area contributed by atoms with E-state index < -0.39 is 60.4 Å². The average molecular weight is 829 g/mol. The van der Waals surface area contributed by atoms with Crippen LogP contribution in [0.3, 0.4) is 0 Å². The molecule has 1 unspecified atom stereocenters. The highest BCUT2D eigenvalue weighted by atomic mass is 19.4. The first-order valence-corrected chi connectivity index (χ1v) is 17.9. The van der Waals surface area contributed by atoms with E-state index in [1.807, 2.05) is 0 Å². The number of rotatable bonds is 19. The monoisotopic (exact) mass is 828 g/mol. The molecule has 16 heteroatoms. The summed E-state index contributed by atoms with van der Waals surface area (Å²) in [7, 11) is 0. The third kappa shape index (κ3) is 15.2. The minimum absolute atomic E-state index is 0.142. The number of alkyl halides is 6. The van der Waals surface area contributed by atoms with Gasteiger partial charge in [0.05, 0.1) is 30.3 Å². The van der Waals surface area contributed by atoms with Crippen LogP contribution in [0.2, 0.25) is 0 Å². The zero-order valence-electron chi connectivity index (χ0n) is 31.3. The highest BCUT2D eigenvalue weighted by Crippen LogP contribution is 2.25. The third-order valence-corrected chi connectivity index (χ3v) is 8.37. The maximum atomic E-state index is 12.8. The molecule has 0 saturated carbocycles. The van der Waals surface area contributed by atoms with Gasteiger partial charge in [-0.1, -0.05) is 36.4 Å². The quantitative estimate of drug-likeness (QED) is 0.0235. The minimum atomic E-state index is -4.27. The normalized spacial score (nSPS) is 12.6. The molecule has 0 aromatic heterocycles. The Kier molecular flexibility index (Phi) is 15.7. The lowest BCUT2D eigenvalue weighted by Gasteiger charge is -2.23. The number of aliphatic hydroxyl groups is 2. The molecule has 0 saturated heterocycles. The molecule has 4 aromatic rings. The standard InChI is InChI=1S/C43H38F6O10/c1-28(37(50)22-8-29-4-14-35(15-5-29)58-39(52)31-10-18-33(19-11-31)56-26-2-24-41(44,45)46)43(54,55)38(51)23-9-30-6-16-36(17-7-30)59-40(53)32-12-20-34(21-13-32)57-27-3-25-42(47,48)49/h4-23,28,54-55H,2-3,24-27H2,1H3. The Hall–Kier alpha value is -6.26. The molecule has 0 spiro atoms. The van der Waals surface area contributed by atoms with E-state index in [4.69, 9.17) is 18.9 Å². The van der Waals surface area contributed by atoms with Gasteiger partial charge in [-0.25, -0.2) is 9.59 Å². The number of ether oxygens (including phenoxy) is 4. The van der Waals surface area contributed by atoms with Gasteiger partial charge in [-0.3, -0.25) is 9.59 Å². The molecule has 0 aliphatic rings. The van der Waals surface area contributed by atoms with Crippen molar-refractivity contribution in [2.45, 2.75) is 50.7 Å². The Bertz CT molecular complexity index is 2090. The second-order valence-electron chi connectivity index (χ2n) is 13.0. The summed E-state index contributed by atoms with van der Waals surface area (Å²) >= 11 is 0. The lowest BCUT2D eigenvalue weighted by Crippen LogP contribution is -2.46. The fourth-order valence-electron chi connectivity index (χ4n) is 4.95. The number of esters is 2. The van der Waals surface area contributed by atoms with Crippen LogP contribution in [-0.4, -0.2) is 65.1 Å². The third-order valence-electron chi connectivity index (χ3n) is 8.37. The van der Waals surface area contributed by atoms with Gasteiger partial charge in [0.2, 0.25) is 11.6 Å². The summed E-state index contributed by atoms with van der Waals surface area (Å²) in [6.07, 6.45) is -6.33. The summed E-state index contributed by atoms with van der Waals surface area (Å²) in [6.45, 7) is 0.876. The Balaban J connectivity index is 1.22. The Morgan fingerprint density at radius 1 is 0.559 bits per heavy atom. The summed E-state index contributed by atoms with van der Waals surface area (Å²) < 4.78 is 94.8. The molecule has 2 N–H and O–H groups in total. The molecule has 4 aromatic carbocycles. The Morgan fingerprint density at radius 3 is 1.29 bits per heavy atom. The second-order valence-corrected chi connectivity index (χ2v) is 13.0. The smallest absolute Gasteiger partial charge is 0.389 e. The number of ketones is 2. The van der Waals surface area contributed by atoms with Gasteiger partial charge in [-0.15, -0.1) is 0 Å². The van der Waals surface area contributed by atoms with Crippen LogP contribution in [-0.2, 0) is 9.59 Å². The van der Waals surface area contributed by atoms with Gasteiger partial charge in [0.25, 0.3) is 0 Å². The lowest BCUT2D eigenvalue weighted by atomic mass is 9.91. The molecule has 0 bridgehead atoms. The van der Waals surface area contributed by atoms with Crippen molar-refractivity contribution in [1.29, 1.82) is 0 Å². The molecular weight excluding hydrogens is 790 g/mol. The van der Waals surface area contributed by atoms with E-state index in [1.54, 1.807) is 0 Å². The molecule has 4 rings (SSSR count). The van der Waals surface area contributed by atoms with Crippen molar-refractivity contribution in [2.24, 2.45) is 5.92 Å². The van der Waals surface area contributed by atoms with Crippen molar-refractivity contribution in [3.05, 3.63) is 131 Å². The summed E-state index contributed by atoms with van der Waals surface area (Å²) in [5, 5.41) is 21.1. The minimum Gasteiger partial charge on any atom is -0.494 e. The van der Waals surface area contributed by atoms with Crippen molar-refractivity contribution in [3.8, 4) is 23.0 Å². The van der Waals surface area contributed by atoms with E-state index >= 15 is 0 Å². The highest BCUT2D eigenvalue weighted by Gasteiger charge is 2.41. The highest BCUT2D eigenvalue weighted by molar-refractivity contribution is 6.05. The SMILES string of the molecule is CC(C(=O)C=Cc1ccc(OC(=O)c2ccc(OCCCC(F)(F)F)cc2)cc1)C(O)(O)C(=O)C=Cc1ccc(OC(=O)c2ccc(OCCCC(F)(F)F)cc2)cc1. The average Bonchev–Trinajstić information content (AvgIpc) is 3.19. The zero-order chi connectivity index (χ0) is 43.2. The van der Waals surface area contributed by atoms with Crippen LogP contribution in [0.1, 0.15) is 64.4 Å². The van der Waals surface area contributed by atoms with Crippen LogP contribution in [0.4, 0.5) is 26.3 Å². The van der Waals surface area contributed by atoms with Gasteiger partial charge < -0.3 is 29.2 Å². The molecule has 0 aliphatic carbocycles. The van der Waals surface area contributed by atoms with Crippen LogP contribution in [0, 0.1) is 5.92 Å². The van der Waals surface area contributed by atoms with Gasteiger partial charge in [0, 0.05) is 12.8 Å². The van der Waals surface area contributed by atoms with Gasteiger partial charge in [0.1, 0.15) is 23.0 Å². The van der Waals surface area contributed by atoms with Crippen LogP contribution >= 0.6 is 0 Å². The first kappa shape index (κ1) is 45.4. The molecule has 1 atom stereocenters. The molecule has 0 heterocycles. The fourth-order valence-corrected chi connectivity index (χ4v) is 4.95. The first-order chi connectivity index (χ1) is 27.8. The van der Waals surface area contributed by atoms with Gasteiger partial charge in [-0.2, -0.15) is 26.3 Å². The fraction of sp³-hybridized carbons (Fsp3) is 0.256. The number of hydrogen-bond donors (Lipinski definition) is 2. The maximum Gasteiger partial charge on any atom is 0.389 e. The second kappa shape index (κ2) is 20.4. The van der Waals surface area contributed by atoms with Gasteiger partial charge in [-0.05, 0) is 116 Å². The Morgan fingerprint density at radius 2 is 0.915 bits per heavy atom. The summed E-state index contributed by atoms with van der Waals surface area (Å²) in [4.78, 5) is 50.6. The largest absolute Gasteiger partial charge is 0.494 e. The lowest BCUT2D eigenvalue weighted by molar-refractivity contribution is -0.196. The van der Waals surface area contributed by atoms with E-state index in [1.165, 1.54) is 109 Å². The van der Waals surface area contributed by atoms with E-state index in [2.05, 4.69) is 0 Å². The molecule has 0 fully saturated rings. The van der Waals surface area contributed by atoms with Crippen molar-refractivity contribution >= 4 is 35.7 Å². The molecule has 0 amide bonds. The van der Waals surface area contributed by atoms with Crippen molar-refractivity contribution in [3.63, 3.8) is 0 Å². The molecule has 10 nitrogen and oxygen atoms in total. The van der Waals surface area contributed by atoms with Crippen LogP contribution in [0.5, 0.6) is 23.0 Å². The van der Waals surface area contributed by atoms with Crippen LogP contribution in [0.25, 0.3) is 12.2 Å². The van der Waals surface area contributed by atoms with Crippen molar-refractivity contribution < 1.29 is 74.7 Å². The summed E-state index contributed by atoms with van der Waals surface area (Å²) in [6, 6.07) is 23.0. The summed E-state index contributed by atoms with van der Waals surface area (Å²) in [5.74, 6) is -7.15. The van der Waals surface area contributed by atoms with E-state index in [9.17, 15) is 55.7 Å². The first-order valence-electron chi connectivity index (χ1n) is 17.9. The van der Waals surface area contributed by atoms with E-state index in [0.717, 1.165) is 19.1 Å². The number of carbonyl (C=O) groups is 4. The number of halogens is 6. The number of carbonyl (C=O) groups excluding carboxylic acids is 4. The topological polar surface area (TPSA) is 146 Å². The predicted molar refractivity (Wildman–Crippen MR) is 202 cm³/mol. The maximum absolute atomic E-state index is 12.8. The number of allylic oxidation sites excluding steroid dienone is 1. The van der Waals surface area contributed by atoms with Crippen molar-refractivity contribution in [2.75, 3.05) is 13.2 Å². The van der Waals surface area contributed by atoms with Crippen molar-refractivity contribution in [1.82, 2.24) is 0 Å². The zero-order valence-corrected chi connectivity index (χ0v) is 31.3. The Labute approximate surface area is 334 Å².